The molecule has 2 unspecified atom stereocenters. The highest BCUT2D eigenvalue weighted by Crippen LogP contribution is 2.30. The minimum absolute atomic E-state index is 0.0114. The predicted molar refractivity (Wildman–Crippen MR) is 48.8 cm³/mol. The van der Waals surface area contributed by atoms with E-state index in [0.717, 1.165) is 19.3 Å². The summed E-state index contributed by atoms with van der Waals surface area (Å²) in [6.07, 6.45) is 6.12. The number of rotatable bonds is 3. The van der Waals surface area contributed by atoms with Crippen molar-refractivity contribution in [2.45, 2.75) is 64.6 Å². The summed E-state index contributed by atoms with van der Waals surface area (Å²) in [7, 11) is 0. The molecule has 0 amide bonds. The van der Waals surface area contributed by atoms with Gasteiger partial charge in [-0.2, -0.15) is 0 Å². The zero-order valence-corrected chi connectivity index (χ0v) is 8.43. The van der Waals surface area contributed by atoms with Crippen LogP contribution < -0.4 is 0 Å². The smallest absolute Gasteiger partial charge is 0.101 e. The molecule has 0 aromatic rings. The molecule has 0 bridgehead atoms. The van der Waals surface area contributed by atoms with E-state index >= 15 is 0 Å². The van der Waals surface area contributed by atoms with Crippen LogP contribution in [0.5, 0.6) is 0 Å². The van der Waals surface area contributed by atoms with Gasteiger partial charge in [0.05, 0.1) is 6.10 Å². The number of unbranched alkanes of at least 4 members (excludes halogenated alkanes) is 1. The molecule has 0 aliphatic carbocycles. The maximum atomic E-state index is 5.38. The molecule has 12 heavy (non-hydrogen) atoms. The highest BCUT2D eigenvalue weighted by Gasteiger charge is 2.31. The standard InChI is InChI=1S/C10H20O2/c1-4-5-7-10(3)8-6-9(2)11-12-10/h9H,4-8H2,1-3H3. The summed E-state index contributed by atoms with van der Waals surface area (Å²) in [6, 6.07) is 0. The van der Waals surface area contributed by atoms with Crippen molar-refractivity contribution < 1.29 is 9.78 Å². The molecule has 1 saturated heterocycles. The van der Waals surface area contributed by atoms with E-state index in [1.165, 1.54) is 12.8 Å². The second-order valence-electron chi connectivity index (χ2n) is 4.08. The molecule has 2 heteroatoms. The molecule has 72 valence electrons. The Morgan fingerprint density at radius 2 is 2.25 bits per heavy atom. The Morgan fingerprint density at radius 1 is 1.50 bits per heavy atom. The van der Waals surface area contributed by atoms with E-state index in [2.05, 4.69) is 20.8 Å². The van der Waals surface area contributed by atoms with E-state index in [1.54, 1.807) is 0 Å². The van der Waals surface area contributed by atoms with Crippen LogP contribution in [0.25, 0.3) is 0 Å². The maximum Gasteiger partial charge on any atom is 0.101 e. The van der Waals surface area contributed by atoms with Crippen LogP contribution in [0.4, 0.5) is 0 Å². The van der Waals surface area contributed by atoms with Gasteiger partial charge < -0.3 is 0 Å². The number of hydrogen-bond acceptors (Lipinski definition) is 2. The fourth-order valence-corrected chi connectivity index (χ4v) is 1.51. The molecule has 2 nitrogen and oxygen atoms in total. The SMILES string of the molecule is CCCCC1(C)CCC(C)OO1. The lowest BCUT2D eigenvalue weighted by Crippen LogP contribution is -2.36. The molecule has 0 saturated carbocycles. The first kappa shape index (κ1) is 10.0. The van der Waals surface area contributed by atoms with Gasteiger partial charge in [-0.3, -0.25) is 0 Å². The molecule has 1 rings (SSSR count). The summed E-state index contributed by atoms with van der Waals surface area (Å²) >= 11 is 0. The molecular weight excluding hydrogens is 152 g/mol. The van der Waals surface area contributed by atoms with Gasteiger partial charge in [0.1, 0.15) is 5.60 Å². The molecule has 0 spiro atoms. The van der Waals surface area contributed by atoms with Gasteiger partial charge in [0.2, 0.25) is 0 Å². The van der Waals surface area contributed by atoms with E-state index < -0.39 is 0 Å². The average Bonchev–Trinajstić information content (AvgIpc) is 2.08. The first-order valence-electron chi connectivity index (χ1n) is 5.01. The fourth-order valence-electron chi connectivity index (χ4n) is 1.51. The van der Waals surface area contributed by atoms with Gasteiger partial charge in [-0.1, -0.05) is 19.8 Å². The highest BCUT2D eigenvalue weighted by atomic mass is 17.2. The van der Waals surface area contributed by atoms with E-state index in [1.807, 2.05) is 0 Å². The lowest BCUT2D eigenvalue weighted by molar-refractivity contribution is -0.403. The molecule has 1 fully saturated rings. The van der Waals surface area contributed by atoms with Gasteiger partial charge in [0.15, 0.2) is 0 Å². The van der Waals surface area contributed by atoms with Crippen molar-refractivity contribution in [3.63, 3.8) is 0 Å². The topological polar surface area (TPSA) is 18.5 Å². The van der Waals surface area contributed by atoms with Gasteiger partial charge in [-0.15, -0.1) is 0 Å². The monoisotopic (exact) mass is 172 g/mol. The van der Waals surface area contributed by atoms with Crippen LogP contribution in [0.15, 0.2) is 0 Å². The molecular formula is C10H20O2. The predicted octanol–water partition coefficient (Wildman–Crippen LogP) is 3.07. The van der Waals surface area contributed by atoms with E-state index in [-0.39, 0.29) is 11.7 Å². The average molecular weight is 172 g/mol. The number of hydrogen-bond donors (Lipinski definition) is 0. The normalized spacial score (nSPS) is 36.8. The third kappa shape index (κ3) is 2.76. The molecule has 0 radical (unpaired) electrons. The quantitative estimate of drug-likeness (QED) is 0.609. The Morgan fingerprint density at radius 3 is 2.75 bits per heavy atom. The molecule has 0 aromatic carbocycles. The van der Waals surface area contributed by atoms with Crippen LogP contribution in [0.1, 0.15) is 52.9 Å². The van der Waals surface area contributed by atoms with Gasteiger partial charge in [0, 0.05) is 0 Å². The van der Waals surface area contributed by atoms with E-state index in [4.69, 9.17) is 9.78 Å². The Hall–Kier alpha value is -0.0800. The maximum absolute atomic E-state index is 5.38. The molecule has 1 aliphatic rings. The van der Waals surface area contributed by atoms with Gasteiger partial charge >= 0.3 is 0 Å². The third-order valence-corrected chi connectivity index (χ3v) is 2.55. The Kier molecular flexibility index (Phi) is 3.53. The van der Waals surface area contributed by atoms with Crippen LogP contribution in [0.3, 0.4) is 0 Å². The Bertz CT molecular complexity index is 120. The first-order valence-corrected chi connectivity index (χ1v) is 5.01. The summed E-state index contributed by atoms with van der Waals surface area (Å²) in [5, 5.41) is 0. The third-order valence-electron chi connectivity index (χ3n) is 2.55. The van der Waals surface area contributed by atoms with E-state index in [0.29, 0.717) is 0 Å². The summed E-state index contributed by atoms with van der Waals surface area (Å²) < 4.78 is 0. The van der Waals surface area contributed by atoms with Crippen molar-refractivity contribution >= 4 is 0 Å². The van der Waals surface area contributed by atoms with Crippen LogP contribution in [-0.2, 0) is 9.78 Å². The zero-order chi connectivity index (χ0) is 9.03. The van der Waals surface area contributed by atoms with Crippen LogP contribution >= 0.6 is 0 Å². The largest absolute Gasteiger partial charge is 0.233 e. The van der Waals surface area contributed by atoms with E-state index in [9.17, 15) is 0 Å². The van der Waals surface area contributed by atoms with Crippen molar-refractivity contribution in [3.05, 3.63) is 0 Å². The summed E-state index contributed by atoms with van der Waals surface area (Å²) in [5.41, 5.74) is -0.0114. The van der Waals surface area contributed by atoms with Gasteiger partial charge in [-0.05, 0) is 33.1 Å². The lowest BCUT2D eigenvalue weighted by atomic mass is 9.92. The molecule has 1 heterocycles. The first-order chi connectivity index (χ1) is 5.66. The fraction of sp³-hybridized carbons (Fsp3) is 1.00. The highest BCUT2D eigenvalue weighted by molar-refractivity contribution is 4.77. The zero-order valence-electron chi connectivity index (χ0n) is 8.43. The second-order valence-corrected chi connectivity index (χ2v) is 4.08. The molecule has 1 aliphatic heterocycles. The minimum Gasteiger partial charge on any atom is -0.233 e. The van der Waals surface area contributed by atoms with Gasteiger partial charge in [-0.25, -0.2) is 9.78 Å². The van der Waals surface area contributed by atoms with Crippen molar-refractivity contribution in [2.24, 2.45) is 0 Å². The lowest BCUT2D eigenvalue weighted by Gasteiger charge is -2.34. The van der Waals surface area contributed by atoms with Gasteiger partial charge in [0.25, 0.3) is 0 Å². The summed E-state index contributed by atoms with van der Waals surface area (Å²) in [4.78, 5) is 10.6. The molecule has 2 atom stereocenters. The van der Waals surface area contributed by atoms with Crippen molar-refractivity contribution in [1.82, 2.24) is 0 Å². The van der Waals surface area contributed by atoms with Crippen LogP contribution in [0.2, 0.25) is 0 Å². The second kappa shape index (κ2) is 4.24. The molecule has 0 N–H and O–H groups in total. The summed E-state index contributed by atoms with van der Waals surface area (Å²) in [5.74, 6) is 0. The van der Waals surface area contributed by atoms with Crippen LogP contribution in [0, 0.1) is 0 Å². The van der Waals surface area contributed by atoms with Crippen LogP contribution in [-0.4, -0.2) is 11.7 Å². The van der Waals surface area contributed by atoms with Crippen molar-refractivity contribution in [1.29, 1.82) is 0 Å². The molecule has 0 aromatic heterocycles. The van der Waals surface area contributed by atoms with Crippen molar-refractivity contribution in [3.8, 4) is 0 Å². The summed E-state index contributed by atoms with van der Waals surface area (Å²) in [6.45, 7) is 6.41. The minimum atomic E-state index is -0.0114. The Labute approximate surface area is 75.2 Å². The Balaban J connectivity index is 2.29. The van der Waals surface area contributed by atoms with Crippen molar-refractivity contribution in [2.75, 3.05) is 0 Å².